The fourth-order valence-electron chi connectivity index (χ4n) is 4.98. The van der Waals surface area contributed by atoms with Gasteiger partial charge in [-0.25, -0.2) is 0 Å². The van der Waals surface area contributed by atoms with E-state index in [0.29, 0.717) is 53.7 Å². The predicted octanol–water partition coefficient (Wildman–Crippen LogP) is 4.32. The number of hydrogen-bond donors (Lipinski definition) is 1. The van der Waals surface area contributed by atoms with Crippen molar-refractivity contribution in [2.75, 3.05) is 52.4 Å². The standard InChI is InChI=1S/C27H30BrN3O5/c1-30-13-10-19-20(25(34-2)27-26(23(19)28)35-16-36-27)14-21(30)24(33)17-6-8-18(9-7-17)29-22(32)15-31-11-4-3-5-12-31/h6-9,14H,3-5,10-13,15-16H2,1-2H3,(H,29,32). The molecule has 0 aliphatic carbocycles. The topological polar surface area (TPSA) is 80.3 Å². The Hall–Kier alpha value is -3.04. The van der Waals surface area contributed by atoms with Gasteiger partial charge in [-0.15, -0.1) is 0 Å². The van der Waals surface area contributed by atoms with Crippen molar-refractivity contribution < 1.29 is 23.8 Å². The number of rotatable bonds is 6. The van der Waals surface area contributed by atoms with Crippen molar-refractivity contribution in [3.05, 3.63) is 51.1 Å². The second-order valence-electron chi connectivity index (χ2n) is 9.30. The van der Waals surface area contributed by atoms with Crippen molar-refractivity contribution in [1.82, 2.24) is 9.80 Å². The number of methoxy groups -OCH3 is 1. The van der Waals surface area contributed by atoms with Crippen molar-refractivity contribution >= 4 is 39.4 Å². The maximum atomic E-state index is 13.6. The number of likely N-dealkylation sites (tertiary alicyclic amines) is 1. The predicted molar refractivity (Wildman–Crippen MR) is 141 cm³/mol. The van der Waals surface area contributed by atoms with Crippen molar-refractivity contribution in [3.63, 3.8) is 0 Å². The quantitative estimate of drug-likeness (QED) is 0.531. The molecule has 190 valence electrons. The molecule has 1 amide bonds. The van der Waals surface area contributed by atoms with Crippen LogP contribution in [0.2, 0.25) is 0 Å². The van der Waals surface area contributed by atoms with Crippen LogP contribution in [-0.4, -0.2) is 68.6 Å². The molecule has 0 bridgehead atoms. The number of anilines is 1. The molecule has 0 radical (unpaired) electrons. The van der Waals surface area contributed by atoms with Gasteiger partial charge in [-0.05, 0) is 84.2 Å². The number of fused-ring (bicyclic) bond motifs is 2. The fraction of sp³-hybridized carbons (Fsp3) is 0.407. The number of halogens is 1. The number of carbonyl (C=O) groups is 2. The van der Waals surface area contributed by atoms with E-state index < -0.39 is 0 Å². The highest BCUT2D eigenvalue weighted by molar-refractivity contribution is 9.10. The highest BCUT2D eigenvalue weighted by atomic mass is 79.9. The average Bonchev–Trinajstić information content (AvgIpc) is 3.30. The molecule has 0 unspecified atom stereocenters. The molecule has 3 aliphatic rings. The molecule has 0 aromatic heterocycles. The van der Waals surface area contributed by atoms with Crippen LogP contribution in [0.25, 0.3) is 6.08 Å². The maximum absolute atomic E-state index is 13.6. The summed E-state index contributed by atoms with van der Waals surface area (Å²) in [5.74, 6) is 1.60. The zero-order valence-corrected chi connectivity index (χ0v) is 22.2. The molecule has 0 saturated carbocycles. The van der Waals surface area contributed by atoms with E-state index in [2.05, 4.69) is 26.1 Å². The number of likely N-dealkylation sites (N-methyl/N-ethyl adjacent to an activating group) is 1. The molecule has 36 heavy (non-hydrogen) atoms. The molecule has 0 spiro atoms. The zero-order chi connectivity index (χ0) is 25.2. The van der Waals surface area contributed by atoms with Crippen LogP contribution in [-0.2, 0) is 11.2 Å². The average molecular weight is 556 g/mol. The molecule has 9 heteroatoms. The van der Waals surface area contributed by atoms with Gasteiger partial charge in [-0.3, -0.25) is 14.5 Å². The minimum Gasteiger partial charge on any atom is -0.492 e. The van der Waals surface area contributed by atoms with Gasteiger partial charge in [0.2, 0.25) is 24.2 Å². The summed E-state index contributed by atoms with van der Waals surface area (Å²) < 4.78 is 17.8. The number of nitrogens with one attached hydrogen (secondary N) is 1. The SMILES string of the molecule is COc1c2c(c(Br)c3c1OCO3)CCN(C)C(C(=O)c1ccc(NC(=O)CN3CCCCC3)cc1)=C2. The summed E-state index contributed by atoms with van der Waals surface area (Å²) in [4.78, 5) is 30.2. The Labute approximate surface area is 219 Å². The minimum absolute atomic E-state index is 0.0322. The molecular weight excluding hydrogens is 526 g/mol. The Kier molecular flexibility index (Phi) is 7.20. The molecule has 0 atom stereocenters. The lowest BCUT2D eigenvalue weighted by atomic mass is 10.0. The van der Waals surface area contributed by atoms with Gasteiger partial charge in [0, 0.05) is 30.4 Å². The van der Waals surface area contributed by atoms with Gasteiger partial charge >= 0.3 is 0 Å². The molecule has 1 fully saturated rings. The van der Waals surface area contributed by atoms with Crippen LogP contribution in [0.15, 0.2) is 34.4 Å². The summed E-state index contributed by atoms with van der Waals surface area (Å²) in [5, 5.41) is 2.95. The van der Waals surface area contributed by atoms with Gasteiger partial charge in [0.1, 0.15) is 0 Å². The van der Waals surface area contributed by atoms with E-state index in [1.54, 1.807) is 31.4 Å². The van der Waals surface area contributed by atoms with E-state index in [9.17, 15) is 9.59 Å². The first-order valence-electron chi connectivity index (χ1n) is 12.2. The van der Waals surface area contributed by atoms with Gasteiger partial charge in [0.05, 0.1) is 23.8 Å². The molecular formula is C27H30BrN3O5. The minimum atomic E-state index is -0.104. The molecule has 3 aliphatic heterocycles. The summed E-state index contributed by atoms with van der Waals surface area (Å²) in [5.41, 5.74) is 3.60. The van der Waals surface area contributed by atoms with Crippen molar-refractivity contribution in [2.24, 2.45) is 0 Å². The lowest BCUT2D eigenvalue weighted by Gasteiger charge is -2.25. The molecule has 2 aromatic rings. The highest BCUT2D eigenvalue weighted by Crippen LogP contribution is 2.51. The van der Waals surface area contributed by atoms with Gasteiger partial charge in [0.25, 0.3) is 0 Å². The van der Waals surface area contributed by atoms with E-state index in [0.717, 1.165) is 41.5 Å². The molecule has 2 aromatic carbocycles. The van der Waals surface area contributed by atoms with Crippen molar-refractivity contribution in [1.29, 1.82) is 0 Å². The first-order valence-corrected chi connectivity index (χ1v) is 13.0. The Morgan fingerprint density at radius 1 is 1.06 bits per heavy atom. The number of ether oxygens (including phenoxy) is 3. The Morgan fingerprint density at radius 2 is 1.78 bits per heavy atom. The van der Waals surface area contributed by atoms with E-state index in [4.69, 9.17) is 14.2 Å². The zero-order valence-electron chi connectivity index (χ0n) is 20.6. The first-order chi connectivity index (χ1) is 17.5. The van der Waals surface area contributed by atoms with E-state index in [1.807, 2.05) is 18.0 Å². The van der Waals surface area contributed by atoms with E-state index >= 15 is 0 Å². The van der Waals surface area contributed by atoms with Crippen LogP contribution in [0.4, 0.5) is 5.69 Å². The number of allylic oxidation sites excluding steroid dienone is 1. The monoisotopic (exact) mass is 555 g/mol. The number of piperidine rings is 1. The molecule has 1 N–H and O–H groups in total. The third kappa shape index (κ3) is 4.82. The lowest BCUT2D eigenvalue weighted by molar-refractivity contribution is -0.117. The summed E-state index contributed by atoms with van der Waals surface area (Å²) in [7, 11) is 3.50. The largest absolute Gasteiger partial charge is 0.492 e. The number of ketones is 1. The Bertz CT molecular complexity index is 1210. The molecule has 5 rings (SSSR count). The van der Waals surface area contributed by atoms with Crippen LogP contribution in [0.5, 0.6) is 17.2 Å². The first kappa shape index (κ1) is 24.6. The Morgan fingerprint density at radius 3 is 2.50 bits per heavy atom. The summed E-state index contributed by atoms with van der Waals surface area (Å²) in [6.07, 6.45) is 6.09. The number of amides is 1. The van der Waals surface area contributed by atoms with Gasteiger partial charge in [-0.2, -0.15) is 0 Å². The number of benzene rings is 2. The second kappa shape index (κ2) is 10.5. The van der Waals surface area contributed by atoms with Crippen molar-refractivity contribution in [2.45, 2.75) is 25.7 Å². The van der Waals surface area contributed by atoms with Gasteiger partial charge in [0.15, 0.2) is 11.5 Å². The van der Waals surface area contributed by atoms with Gasteiger partial charge in [-0.1, -0.05) is 6.42 Å². The summed E-state index contributed by atoms with van der Waals surface area (Å²) in [6.45, 7) is 3.11. The number of carbonyl (C=O) groups excluding carboxylic acids is 2. The molecule has 3 heterocycles. The van der Waals surface area contributed by atoms with E-state index in [-0.39, 0.29) is 18.5 Å². The third-order valence-corrected chi connectivity index (χ3v) is 7.76. The third-order valence-electron chi connectivity index (χ3n) is 6.93. The van der Waals surface area contributed by atoms with Crippen molar-refractivity contribution in [3.8, 4) is 17.2 Å². The van der Waals surface area contributed by atoms with Crippen LogP contribution in [0.1, 0.15) is 40.7 Å². The van der Waals surface area contributed by atoms with Crippen LogP contribution in [0, 0.1) is 0 Å². The summed E-state index contributed by atoms with van der Waals surface area (Å²) in [6, 6.07) is 7.07. The number of Topliss-reactive ketones (excluding diaryl/α,β-unsaturated/α-hetero) is 1. The molecule has 1 saturated heterocycles. The fourth-order valence-corrected chi connectivity index (χ4v) is 5.69. The number of nitrogens with zero attached hydrogens (tertiary/aromatic N) is 2. The lowest BCUT2D eigenvalue weighted by Crippen LogP contribution is -2.36. The number of hydrogen-bond acceptors (Lipinski definition) is 7. The normalized spacial score (nSPS) is 17.2. The Balaban J connectivity index is 1.37. The highest BCUT2D eigenvalue weighted by Gasteiger charge is 2.31. The maximum Gasteiger partial charge on any atom is 0.238 e. The smallest absolute Gasteiger partial charge is 0.238 e. The molecule has 8 nitrogen and oxygen atoms in total. The second-order valence-corrected chi connectivity index (χ2v) is 10.1. The van der Waals surface area contributed by atoms with E-state index in [1.165, 1.54) is 6.42 Å². The van der Waals surface area contributed by atoms with Crippen LogP contribution >= 0.6 is 15.9 Å². The van der Waals surface area contributed by atoms with Crippen LogP contribution in [0.3, 0.4) is 0 Å². The summed E-state index contributed by atoms with van der Waals surface area (Å²) >= 11 is 3.67. The van der Waals surface area contributed by atoms with Crippen LogP contribution < -0.4 is 19.5 Å². The van der Waals surface area contributed by atoms with Gasteiger partial charge < -0.3 is 24.4 Å².